The molecule has 150 valence electrons. The summed E-state index contributed by atoms with van der Waals surface area (Å²) in [7, 11) is 0. The number of ether oxygens (including phenoxy) is 2. The van der Waals surface area contributed by atoms with Gasteiger partial charge in [-0.3, -0.25) is 4.79 Å². The van der Waals surface area contributed by atoms with Crippen LogP contribution >= 0.6 is 0 Å². The molecule has 0 radical (unpaired) electrons. The molecule has 1 unspecified atom stereocenters. The SMILES string of the molecule is C=CCc1c(OCCC2CCCN2)ccc2c(=O)cc(N3CCOCC3)oc12. The van der Waals surface area contributed by atoms with Crippen LogP contribution in [0.25, 0.3) is 11.0 Å². The number of rotatable bonds is 7. The molecule has 28 heavy (non-hydrogen) atoms. The molecular formula is C22H28N2O4. The molecule has 1 aromatic heterocycles. The molecule has 1 N–H and O–H groups in total. The lowest BCUT2D eigenvalue weighted by atomic mass is 10.1. The molecule has 4 rings (SSSR count). The summed E-state index contributed by atoms with van der Waals surface area (Å²) in [6.07, 6.45) is 5.82. The molecule has 2 saturated heterocycles. The summed E-state index contributed by atoms with van der Waals surface area (Å²) in [5.41, 5.74) is 1.46. The van der Waals surface area contributed by atoms with Crippen molar-refractivity contribution in [3.8, 4) is 5.75 Å². The third kappa shape index (κ3) is 4.08. The Morgan fingerprint density at radius 2 is 2.18 bits per heavy atom. The monoisotopic (exact) mass is 384 g/mol. The predicted molar refractivity (Wildman–Crippen MR) is 111 cm³/mol. The van der Waals surface area contributed by atoms with Crippen molar-refractivity contribution in [1.82, 2.24) is 5.32 Å². The molecule has 0 amide bonds. The second-order valence-electron chi connectivity index (χ2n) is 7.39. The smallest absolute Gasteiger partial charge is 0.200 e. The lowest BCUT2D eigenvalue weighted by molar-refractivity contribution is 0.121. The average Bonchev–Trinajstić information content (AvgIpc) is 3.24. The van der Waals surface area contributed by atoms with Crippen LogP contribution in [-0.4, -0.2) is 45.5 Å². The fourth-order valence-electron chi connectivity index (χ4n) is 3.97. The van der Waals surface area contributed by atoms with Crippen LogP contribution in [-0.2, 0) is 11.2 Å². The van der Waals surface area contributed by atoms with Crippen molar-refractivity contribution in [2.45, 2.75) is 31.7 Å². The van der Waals surface area contributed by atoms with Crippen molar-refractivity contribution < 1.29 is 13.9 Å². The van der Waals surface area contributed by atoms with Crippen LogP contribution in [0.5, 0.6) is 5.75 Å². The van der Waals surface area contributed by atoms with Crippen molar-refractivity contribution in [2.24, 2.45) is 0 Å². The van der Waals surface area contributed by atoms with E-state index in [9.17, 15) is 4.79 Å². The highest BCUT2D eigenvalue weighted by Gasteiger charge is 2.19. The molecule has 1 atom stereocenters. The molecule has 1 aromatic carbocycles. The van der Waals surface area contributed by atoms with Gasteiger partial charge < -0.3 is 24.1 Å². The topological polar surface area (TPSA) is 63.9 Å². The predicted octanol–water partition coefficient (Wildman–Crippen LogP) is 2.88. The Hall–Kier alpha value is -2.31. The maximum atomic E-state index is 12.7. The molecule has 2 aliphatic heterocycles. The van der Waals surface area contributed by atoms with E-state index in [0.29, 0.717) is 49.1 Å². The van der Waals surface area contributed by atoms with E-state index in [0.717, 1.165) is 37.4 Å². The molecule has 0 aliphatic carbocycles. The minimum atomic E-state index is -0.0326. The number of allylic oxidation sites excluding steroid dienone is 1. The van der Waals surface area contributed by atoms with Crippen LogP contribution in [0.2, 0.25) is 0 Å². The average molecular weight is 384 g/mol. The second kappa shape index (κ2) is 8.80. The van der Waals surface area contributed by atoms with Gasteiger partial charge in [-0.15, -0.1) is 6.58 Å². The minimum absolute atomic E-state index is 0.0326. The Bertz CT molecular complexity index is 880. The summed E-state index contributed by atoms with van der Waals surface area (Å²) in [6, 6.07) is 5.81. The van der Waals surface area contributed by atoms with E-state index < -0.39 is 0 Å². The molecule has 2 fully saturated rings. The minimum Gasteiger partial charge on any atom is -0.493 e. The lowest BCUT2D eigenvalue weighted by Gasteiger charge is -2.27. The zero-order valence-electron chi connectivity index (χ0n) is 16.2. The Balaban J connectivity index is 1.64. The number of benzene rings is 1. The highest BCUT2D eigenvalue weighted by molar-refractivity contribution is 5.83. The molecule has 2 aromatic rings. The standard InChI is InChI=1S/C22H28N2O4/c1-2-4-18-20(27-12-8-16-5-3-9-23-16)7-6-17-19(25)15-21(28-22(17)18)24-10-13-26-14-11-24/h2,6-7,15-16,23H,1,3-5,8-14H2. The molecule has 6 nitrogen and oxygen atoms in total. The van der Waals surface area contributed by atoms with E-state index in [1.165, 1.54) is 12.8 Å². The Morgan fingerprint density at radius 3 is 2.93 bits per heavy atom. The van der Waals surface area contributed by atoms with Crippen molar-refractivity contribution >= 4 is 16.9 Å². The number of anilines is 1. The molecule has 0 bridgehead atoms. The van der Waals surface area contributed by atoms with Gasteiger partial charge >= 0.3 is 0 Å². The van der Waals surface area contributed by atoms with E-state index in [-0.39, 0.29) is 5.43 Å². The number of nitrogens with zero attached hydrogens (tertiary/aromatic N) is 1. The Labute approximate surface area is 165 Å². The van der Waals surface area contributed by atoms with Crippen LogP contribution in [0.4, 0.5) is 5.88 Å². The molecule has 6 heteroatoms. The summed E-state index contributed by atoms with van der Waals surface area (Å²) in [6.45, 7) is 8.32. The number of fused-ring (bicyclic) bond motifs is 1. The normalized spacial score (nSPS) is 19.9. The van der Waals surface area contributed by atoms with Gasteiger partial charge in [0, 0.05) is 30.8 Å². The van der Waals surface area contributed by atoms with Crippen LogP contribution in [0, 0.1) is 0 Å². The van der Waals surface area contributed by atoms with Crippen LogP contribution in [0.1, 0.15) is 24.8 Å². The van der Waals surface area contributed by atoms with E-state index in [1.807, 2.05) is 12.1 Å². The third-order valence-corrected chi connectivity index (χ3v) is 5.50. The van der Waals surface area contributed by atoms with E-state index in [2.05, 4.69) is 16.8 Å². The lowest BCUT2D eigenvalue weighted by Crippen LogP contribution is -2.36. The van der Waals surface area contributed by atoms with Crippen LogP contribution < -0.4 is 20.4 Å². The van der Waals surface area contributed by atoms with Crippen molar-refractivity contribution in [1.29, 1.82) is 0 Å². The summed E-state index contributed by atoms with van der Waals surface area (Å²) >= 11 is 0. The summed E-state index contributed by atoms with van der Waals surface area (Å²) < 4.78 is 17.7. The van der Waals surface area contributed by atoms with E-state index in [1.54, 1.807) is 12.1 Å². The largest absolute Gasteiger partial charge is 0.493 e. The first-order valence-electron chi connectivity index (χ1n) is 10.2. The summed E-state index contributed by atoms with van der Waals surface area (Å²) in [4.78, 5) is 14.8. The quantitative estimate of drug-likeness (QED) is 0.741. The first-order valence-corrected chi connectivity index (χ1v) is 10.2. The van der Waals surface area contributed by atoms with Gasteiger partial charge in [-0.05, 0) is 44.4 Å². The van der Waals surface area contributed by atoms with Crippen LogP contribution in [0.15, 0.2) is 40.1 Å². The van der Waals surface area contributed by atoms with Gasteiger partial charge in [0.25, 0.3) is 0 Å². The van der Waals surface area contributed by atoms with E-state index in [4.69, 9.17) is 13.9 Å². The Kier molecular flexibility index (Phi) is 5.98. The highest BCUT2D eigenvalue weighted by Crippen LogP contribution is 2.30. The van der Waals surface area contributed by atoms with Gasteiger partial charge in [-0.1, -0.05) is 6.08 Å². The van der Waals surface area contributed by atoms with Gasteiger partial charge in [0.15, 0.2) is 11.3 Å². The highest BCUT2D eigenvalue weighted by atomic mass is 16.5. The summed E-state index contributed by atoms with van der Waals surface area (Å²) in [5.74, 6) is 1.37. The molecule has 3 heterocycles. The number of morpholine rings is 1. The summed E-state index contributed by atoms with van der Waals surface area (Å²) in [5, 5.41) is 4.07. The van der Waals surface area contributed by atoms with Crippen molar-refractivity contribution in [2.75, 3.05) is 44.4 Å². The number of hydrogen-bond acceptors (Lipinski definition) is 6. The molecule has 0 saturated carbocycles. The zero-order chi connectivity index (χ0) is 19.3. The van der Waals surface area contributed by atoms with E-state index >= 15 is 0 Å². The second-order valence-corrected chi connectivity index (χ2v) is 7.39. The third-order valence-electron chi connectivity index (χ3n) is 5.50. The first-order chi connectivity index (χ1) is 13.8. The van der Waals surface area contributed by atoms with Gasteiger partial charge in [-0.2, -0.15) is 0 Å². The van der Waals surface area contributed by atoms with Gasteiger partial charge in [0.05, 0.1) is 25.2 Å². The Morgan fingerprint density at radius 1 is 1.32 bits per heavy atom. The maximum Gasteiger partial charge on any atom is 0.200 e. The number of nitrogens with one attached hydrogen (secondary N) is 1. The van der Waals surface area contributed by atoms with Crippen LogP contribution in [0.3, 0.4) is 0 Å². The molecular weight excluding hydrogens is 356 g/mol. The maximum absolute atomic E-state index is 12.7. The van der Waals surface area contributed by atoms with Crippen molar-refractivity contribution in [3.05, 3.63) is 46.6 Å². The first kappa shape index (κ1) is 19.0. The zero-order valence-corrected chi connectivity index (χ0v) is 16.2. The van der Waals surface area contributed by atoms with Gasteiger partial charge in [0.1, 0.15) is 11.3 Å². The molecule has 0 spiro atoms. The van der Waals surface area contributed by atoms with Crippen molar-refractivity contribution in [3.63, 3.8) is 0 Å². The number of hydrogen-bond donors (Lipinski definition) is 1. The fraction of sp³-hybridized carbons (Fsp3) is 0.500. The van der Waals surface area contributed by atoms with Gasteiger partial charge in [-0.25, -0.2) is 0 Å². The fourth-order valence-corrected chi connectivity index (χ4v) is 3.97. The molecule has 2 aliphatic rings. The van der Waals surface area contributed by atoms with Gasteiger partial charge in [0.2, 0.25) is 0 Å².